The van der Waals surface area contributed by atoms with Gasteiger partial charge in [0, 0.05) is 15.2 Å². The van der Waals surface area contributed by atoms with Crippen molar-refractivity contribution in [1.29, 1.82) is 0 Å². The second-order valence-corrected chi connectivity index (χ2v) is 8.08. The molecule has 0 spiro atoms. The molecule has 0 bridgehead atoms. The third-order valence-electron chi connectivity index (χ3n) is 4.49. The molecule has 28 heavy (non-hydrogen) atoms. The van der Waals surface area contributed by atoms with E-state index in [1.165, 1.54) is 12.1 Å². The summed E-state index contributed by atoms with van der Waals surface area (Å²) in [4.78, 5) is 11.4. The van der Waals surface area contributed by atoms with Crippen LogP contribution in [0.5, 0.6) is 0 Å². The summed E-state index contributed by atoms with van der Waals surface area (Å²) in [6.45, 7) is 3.53. The van der Waals surface area contributed by atoms with E-state index in [4.69, 9.17) is 4.42 Å². The van der Waals surface area contributed by atoms with Crippen molar-refractivity contribution in [3.63, 3.8) is 0 Å². The molecule has 0 radical (unpaired) electrons. The van der Waals surface area contributed by atoms with Crippen molar-refractivity contribution in [3.8, 4) is 0 Å². The van der Waals surface area contributed by atoms with Crippen LogP contribution >= 0.6 is 15.9 Å². The highest BCUT2D eigenvalue weighted by Gasteiger charge is 2.43. The molecule has 2 N–H and O–H groups in total. The molecule has 0 amide bonds. The molecule has 150 valence electrons. The van der Waals surface area contributed by atoms with Crippen molar-refractivity contribution in [1.82, 2.24) is 5.32 Å². The number of carboxylic acids is 1. The predicted molar refractivity (Wildman–Crippen MR) is 104 cm³/mol. The highest BCUT2D eigenvalue weighted by atomic mass is 79.9. The summed E-state index contributed by atoms with van der Waals surface area (Å²) in [7, 11) is 0. The molecule has 4 nitrogen and oxygen atoms in total. The number of benzene rings is 2. The van der Waals surface area contributed by atoms with Crippen molar-refractivity contribution in [2.75, 3.05) is 0 Å². The zero-order valence-electron chi connectivity index (χ0n) is 15.2. The Labute approximate surface area is 167 Å². The van der Waals surface area contributed by atoms with Crippen LogP contribution in [0.1, 0.15) is 31.9 Å². The highest BCUT2D eigenvalue weighted by Crippen LogP contribution is 2.37. The van der Waals surface area contributed by atoms with Gasteiger partial charge in [0.25, 0.3) is 0 Å². The van der Waals surface area contributed by atoms with E-state index >= 15 is 0 Å². The molecule has 0 aliphatic rings. The Kier molecular flexibility index (Phi) is 5.72. The maximum atomic E-state index is 13.7. The Morgan fingerprint density at radius 2 is 1.86 bits per heavy atom. The zero-order chi connectivity index (χ0) is 20.6. The fourth-order valence-electron chi connectivity index (χ4n) is 3.24. The number of carbonyl (C=O) groups is 1. The molecular formula is C20H19BrF3NO3. The topological polar surface area (TPSA) is 62.5 Å². The molecule has 0 fully saturated rings. The van der Waals surface area contributed by atoms with Gasteiger partial charge in [-0.15, -0.1) is 0 Å². The molecule has 1 heterocycles. The van der Waals surface area contributed by atoms with E-state index in [-0.39, 0.29) is 17.9 Å². The number of rotatable bonds is 6. The minimum absolute atomic E-state index is 0.0706. The van der Waals surface area contributed by atoms with Crippen molar-refractivity contribution >= 4 is 43.8 Å². The van der Waals surface area contributed by atoms with Gasteiger partial charge < -0.3 is 9.52 Å². The van der Waals surface area contributed by atoms with Crippen molar-refractivity contribution in [2.24, 2.45) is 5.92 Å². The van der Waals surface area contributed by atoms with Crippen LogP contribution in [0, 0.1) is 5.92 Å². The number of carboxylic acid groups (broad SMARTS) is 1. The van der Waals surface area contributed by atoms with Crippen LogP contribution in [0.4, 0.5) is 13.2 Å². The summed E-state index contributed by atoms with van der Waals surface area (Å²) in [5.41, 5.74) is 0.792. The van der Waals surface area contributed by atoms with Gasteiger partial charge >= 0.3 is 12.1 Å². The number of hydrogen-bond acceptors (Lipinski definition) is 3. The smallest absolute Gasteiger partial charge is 0.407 e. The van der Waals surface area contributed by atoms with Gasteiger partial charge in [0.1, 0.15) is 23.2 Å². The fourth-order valence-corrected chi connectivity index (χ4v) is 3.60. The molecular weight excluding hydrogens is 439 g/mol. The van der Waals surface area contributed by atoms with Gasteiger partial charge in [0.2, 0.25) is 0 Å². The first-order valence-electron chi connectivity index (χ1n) is 8.73. The van der Waals surface area contributed by atoms with Gasteiger partial charge in [-0.3, -0.25) is 10.1 Å². The van der Waals surface area contributed by atoms with Gasteiger partial charge in [-0.05, 0) is 42.2 Å². The molecule has 2 aromatic carbocycles. The van der Waals surface area contributed by atoms with Gasteiger partial charge in [-0.2, -0.15) is 13.2 Å². The van der Waals surface area contributed by atoms with Crippen LogP contribution < -0.4 is 5.32 Å². The lowest BCUT2D eigenvalue weighted by atomic mass is 9.99. The van der Waals surface area contributed by atoms with Gasteiger partial charge in [0.05, 0.1) is 0 Å². The summed E-state index contributed by atoms with van der Waals surface area (Å²) < 4.78 is 47.7. The lowest BCUT2D eigenvalue weighted by Gasteiger charge is -2.26. The average Bonchev–Trinajstić information content (AvgIpc) is 2.93. The predicted octanol–water partition coefficient (Wildman–Crippen LogP) is 6.04. The maximum absolute atomic E-state index is 13.7. The summed E-state index contributed by atoms with van der Waals surface area (Å²) in [6.07, 6.45) is -4.57. The molecule has 2 atom stereocenters. The summed E-state index contributed by atoms with van der Waals surface area (Å²) in [5, 5.41) is 13.1. The number of halogens is 4. The fraction of sp³-hybridized carbons (Fsp3) is 0.350. The molecule has 0 aliphatic carbocycles. The summed E-state index contributed by atoms with van der Waals surface area (Å²) in [6, 6.07) is 6.19. The van der Waals surface area contributed by atoms with E-state index in [9.17, 15) is 23.1 Å². The lowest BCUT2D eigenvalue weighted by Crippen LogP contribution is -2.45. The number of fused-ring (bicyclic) bond motifs is 3. The third kappa shape index (κ3) is 4.33. The van der Waals surface area contributed by atoms with E-state index < -0.39 is 24.2 Å². The maximum Gasteiger partial charge on any atom is 0.407 e. The number of hydrogen-bond donors (Lipinski definition) is 2. The second kappa shape index (κ2) is 7.75. The Morgan fingerprint density at radius 1 is 1.14 bits per heavy atom. The van der Waals surface area contributed by atoms with Gasteiger partial charge in [-0.25, -0.2) is 0 Å². The number of alkyl halides is 3. The van der Waals surface area contributed by atoms with Gasteiger partial charge in [0.15, 0.2) is 0 Å². The molecule has 1 aromatic heterocycles. The zero-order valence-corrected chi connectivity index (χ0v) is 16.8. The Balaban J connectivity index is 2.03. The Bertz CT molecular complexity index is 1010. The molecule has 3 aromatic rings. The van der Waals surface area contributed by atoms with E-state index in [2.05, 4.69) is 21.2 Å². The van der Waals surface area contributed by atoms with Crippen LogP contribution in [0.3, 0.4) is 0 Å². The minimum atomic E-state index is -4.66. The number of furan rings is 1. The van der Waals surface area contributed by atoms with Crippen LogP contribution in [-0.4, -0.2) is 23.3 Å². The largest absolute Gasteiger partial charge is 0.480 e. The first-order valence-corrected chi connectivity index (χ1v) is 9.53. The standard InChI is InChI=1S/C20H19BrF3NO3/c1-10(2)7-15(19(26)27)25-18(20(22,23)24)11-3-5-13-14-9-12(21)4-6-16(14)28-17(13)8-11/h3-6,8-10,15,18,25H,7H2,1-2H3,(H,26,27)/t15-,18+/m0/s1. The Hall–Kier alpha value is -2.06. The molecule has 0 unspecified atom stereocenters. The van der Waals surface area contributed by atoms with E-state index in [0.29, 0.717) is 16.6 Å². The van der Waals surface area contributed by atoms with Crippen molar-refractivity contribution in [3.05, 3.63) is 46.4 Å². The molecule has 0 aliphatic heterocycles. The first-order chi connectivity index (χ1) is 13.1. The van der Waals surface area contributed by atoms with E-state index in [1.807, 2.05) is 6.07 Å². The SMILES string of the molecule is CC(C)C[C@H](N[C@H](c1ccc2c(c1)oc1ccc(Br)cc12)C(F)(F)F)C(=O)O. The quantitative estimate of drug-likeness (QED) is 0.473. The summed E-state index contributed by atoms with van der Waals surface area (Å²) >= 11 is 3.37. The van der Waals surface area contributed by atoms with Gasteiger partial charge in [-0.1, -0.05) is 41.9 Å². The van der Waals surface area contributed by atoms with Crippen molar-refractivity contribution in [2.45, 2.75) is 38.5 Å². The van der Waals surface area contributed by atoms with Crippen LogP contribution in [0.2, 0.25) is 0 Å². The first kappa shape index (κ1) is 20.7. The normalized spacial score (nSPS) is 14.7. The molecule has 0 saturated carbocycles. The van der Waals surface area contributed by atoms with E-state index in [1.54, 1.807) is 32.0 Å². The molecule has 3 rings (SSSR count). The van der Waals surface area contributed by atoms with E-state index in [0.717, 1.165) is 9.86 Å². The molecule has 0 saturated heterocycles. The minimum Gasteiger partial charge on any atom is -0.480 e. The number of aliphatic carboxylic acids is 1. The second-order valence-electron chi connectivity index (χ2n) is 7.16. The average molecular weight is 458 g/mol. The third-order valence-corrected chi connectivity index (χ3v) is 4.98. The monoisotopic (exact) mass is 457 g/mol. The highest BCUT2D eigenvalue weighted by molar-refractivity contribution is 9.10. The van der Waals surface area contributed by atoms with Crippen LogP contribution in [0.15, 0.2) is 45.3 Å². The molecule has 8 heteroatoms. The number of nitrogens with one attached hydrogen (secondary N) is 1. The summed E-state index contributed by atoms with van der Waals surface area (Å²) in [5.74, 6) is -1.38. The van der Waals surface area contributed by atoms with Crippen LogP contribution in [-0.2, 0) is 4.79 Å². The van der Waals surface area contributed by atoms with Crippen LogP contribution in [0.25, 0.3) is 21.9 Å². The lowest BCUT2D eigenvalue weighted by molar-refractivity contribution is -0.163. The Morgan fingerprint density at radius 3 is 2.46 bits per heavy atom. The van der Waals surface area contributed by atoms with Crippen molar-refractivity contribution < 1.29 is 27.5 Å².